The number of aryl methyl sites for hydroxylation is 1. The molecule has 0 bridgehead atoms. The molecule has 76 valence electrons. The number of aromatic nitrogens is 1. The first kappa shape index (κ1) is 9.27. The van der Waals surface area contributed by atoms with Crippen LogP contribution >= 0.6 is 0 Å². The highest BCUT2D eigenvalue weighted by molar-refractivity contribution is 5.93. The SMILES string of the molecule is CCn1cccc1C(=O)NC1CC1N. The Morgan fingerprint density at radius 2 is 2.50 bits per heavy atom. The van der Waals surface area contributed by atoms with Gasteiger partial charge in [0.25, 0.3) is 5.91 Å². The second kappa shape index (κ2) is 3.46. The predicted molar refractivity (Wildman–Crippen MR) is 54.0 cm³/mol. The van der Waals surface area contributed by atoms with E-state index in [0.717, 1.165) is 13.0 Å². The summed E-state index contributed by atoms with van der Waals surface area (Å²) >= 11 is 0. The van der Waals surface area contributed by atoms with E-state index in [4.69, 9.17) is 5.73 Å². The average molecular weight is 193 g/mol. The number of carbonyl (C=O) groups excluding carboxylic acids is 1. The van der Waals surface area contributed by atoms with Gasteiger partial charge in [0.15, 0.2) is 0 Å². The lowest BCUT2D eigenvalue weighted by atomic mass is 10.4. The van der Waals surface area contributed by atoms with E-state index in [0.29, 0.717) is 5.69 Å². The highest BCUT2D eigenvalue weighted by Crippen LogP contribution is 2.18. The van der Waals surface area contributed by atoms with Crippen molar-refractivity contribution >= 4 is 5.91 Å². The molecule has 2 rings (SSSR count). The maximum atomic E-state index is 11.7. The normalized spacial score (nSPS) is 24.7. The molecule has 1 aliphatic carbocycles. The van der Waals surface area contributed by atoms with Gasteiger partial charge < -0.3 is 15.6 Å². The van der Waals surface area contributed by atoms with E-state index in [1.54, 1.807) is 0 Å². The number of hydrogen-bond donors (Lipinski definition) is 2. The third kappa shape index (κ3) is 1.65. The summed E-state index contributed by atoms with van der Waals surface area (Å²) in [6, 6.07) is 4.05. The van der Waals surface area contributed by atoms with E-state index < -0.39 is 0 Å². The minimum Gasteiger partial charge on any atom is -0.346 e. The van der Waals surface area contributed by atoms with Crippen LogP contribution in [-0.2, 0) is 6.54 Å². The molecular weight excluding hydrogens is 178 g/mol. The Balaban J connectivity index is 2.03. The van der Waals surface area contributed by atoms with E-state index in [-0.39, 0.29) is 18.0 Å². The fourth-order valence-corrected chi connectivity index (χ4v) is 1.52. The van der Waals surface area contributed by atoms with Crippen molar-refractivity contribution in [1.82, 2.24) is 9.88 Å². The molecule has 0 radical (unpaired) electrons. The second-order valence-corrected chi connectivity index (χ2v) is 3.66. The predicted octanol–water partition coefficient (Wildman–Crippen LogP) is 0.337. The van der Waals surface area contributed by atoms with Crippen molar-refractivity contribution in [1.29, 1.82) is 0 Å². The Bertz CT molecular complexity index is 345. The zero-order chi connectivity index (χ0) is 10.1. The molecule has 1 aromatic rings. The average Bonchev–Trinajstić information content (AvgIpc) is 2.72. The van der Waals surface area contributed by atoms with E-state index in [9.17, 15) is 4.79 Å². The first-order chi connectivity index (χ1) is 6.72. The van der Waals surface area contributed by atoms with Crippen LogP contribution in [0, 0.1) is 0 Å². The van der Waals surface area contributed by atoms with E-state index in [1.807, 2.05) is 29.8 Å². The van der Waals surface area contributed by atoms with Crippen LogP contribution in [0.15, 0.2) is 18.3 Å². The maximum absolute atomic E-state index is 11.7. The Morgan fingerprint density at radius 3 is 3.07 bits per heavy atom. The Kier molecular flexibility index (Phi) is 2.29. The summed E-state index contributed by atoms with van der Waals surface area (Å²) in [5.74, 6) is -0.0187. The van der Waals surface area contributed by atoms with Crippen LogP contribution in [0.4, 0.5) is 0 Å². The van der Waals surface area contributed by atoms with Gasteiger partial charge in [-0.3, -0.25) is 4.79 Å². The number of carbonyl (C=O) groups is 1. The first-order valence-corrected chi connectivity index (χ1v) is 4.94. The molecule has 1 amide bonds. The summed E-state index contributed by atoms with van der Waals surface area (Å²) in [5, 5.41) is 2.90. The molecule has 14 heavy (non-hydrogen) atoms. The van der Waals surface area contributed by atoms with Crippen molar-refractivity contribution in [2.75, 3.05) is 0 Å². The zero-order valence-electron chi connectivity index (χ0n) is 8.23. The molecule has 2 atom stereocenters. The Labute approximate surface area is 83.1 Å². The fraction of sp³-hybridized carbons (Fsp3) is 0.500. The molecule has 1 heterocycles. The maximum Gasteiger partial charge on any atom is 0.268 e. The Morgan fingerprint density at radius 1 is 1.79 bits per heavy atom. The van der Waals surface area contributed by atoms with Gasteiger partial charge >= 0.3 is 0 Å². The van der Waals surface area contributed by atoms with Crippen LogP contribution in [0.25, 0.3) is 0 Å². The van der Waals surface area contributed by atoms with Crippen molar-refractivity contribution in [3.8, 4) is 0 Å². The quantitative estimate of drug-likeness (QED) is 0.727. The summed E-state index contributed by atoms with van der Waals surface area (Å²) in [5.41, 5.74) is 6.33. The number of amides is 1. The van der Waals surface area contributed by atoms with Gasteiger partial charge in [0.2, 0.25) is 0 Å². The molecule has 0 saturated heterocycles. The lowest BCUT2D eigenvalue weighted by Gasteiger charge is -2.06. The van der Waals surface area contributed by atoms with Gasteiger partial charge in [0.1, 0.15) is 5.69 Å². The number of nitrogens with two attached hydrogens (primary N) is 1. The van der Waals surface area contributed by atoms with Gasteiger partial charge in [-0.05, 0) is 25.5 Å². The van der Waals surface area contributed by atoms with Gasteiger partial charge in [-0.25, -0.2) is 0 Å². The van der Waals surface area contributed by atoms with Crippen molar-refractivity contribution in [3.63, 3.8) is 0 Å². The van der Waals surface area contributed by atoms with Crippen molar-refractivity contribution < 1.29 is 4.79 Å². The van der Waals surface area contributed by atoms with E-state index in [2.05, 4.69) is 5.32 Å². The topological polar surface area (TPSA) is 60.0 Å². The van der Waals surface area contributed by atoms with Crippen LogP contribution in [0.2, 0.25) is 0 Å². The second-order valence-electron chi connectivity index (χ2n) is 3.66. The van der Waals surface area contributed by atoms with Gasteiger partial charge in [-0.2, -0.15) is 0 Å². The minimum atomic E-state index is -0.0187. The van der Waals surface area contributed by atoms with Gasteiger partial charge in [0, 0.05) is 24.8 Å². The molecule has 4 nitrogen and oxygen atoms in total. The Hall–Kier alpha value is -1.29. The van der Waals surface area contributed by atoms with Gasteiger partial charge in [-0.1, -0.05) is 0 Å². The molecule has 0 spiro atoms. The summed E-state index contributed by atoms with van der Waals surface area (Å²) in [6.45, 7) is 2.83. The molecule has 1 saturated carbocycles. The van der Waals surface area contributed by atoms with E-state index >= 15 is 0 Å². The number of hydrogen-bond acceptors (Lipinski definition) is 2. The summed E-state index contributed by atoms with van der Waals surface area (Å²) < 4.78 is 1.92. The summed E-state index contributed by atoms with van der Waals surface area (Å²) in [7, 11) is 0. The molecule has 1 fully saturated rings. The highest BCUT2D eigenvalue weighted by atomic mass is 16.2. The highest BCUT2D eigenvalue weighted by Gasteiger charge is 2.35. The largest absolute Gasteiger partial charge is 0.346 e. The van der Waals surface area contributed by atoms with E-state index in [1.165, 1.54) is 0 Å². The third-order valence-electron chi connectivity index (χ3n) is 2.56. The van der Waals surface area contributed by atoms with Crippen molar-refractivity contribution in [3.05, 3.63) is 24.0 Å². The lowest BCUT2D eigenvalue weighted by molar-refractivity contribution is 0.0941. The van der Waals surface area contributed by atoms with Crippen LogP contribution in [0.1, 0.15) is 23.8 Å². The molecule has 0 aliphatic heterocycles. The van der Waals surface area contributed by atoms with Gasteiger partial charge in [0.05, 0.1) is 0 Å². The minimum absolute atomic E-state index is 0.0187. The molecule has 2 unspecified atom stereocenters. The first-order valence-electron chi connectivity index (χ1n) is 4.94. The smallest absolute Gasteiger partial charge is 0.268 e. The number of rotatable bonds is 3. The molecule has 4 heteroatoms. The molecule has 1 aromatic heterocycles. The zero-order valence-corrected chi connectivity index (χ0v) is 8.23. The van der Waals surface area contributed by atoms with Crippen LogP contribution in [0.5, 0.6) is 0 Å². The van der Waals surface area contributed by atoms with Crippen LogP contribution in [-0.4, -0.2) is 22.6 Å². The molecule has 0 aromatic carbocycles. The van der Waals surface area contributed by atoms with Gasteiger partial charge in [-0.15, -0.1) is 0 Å². The molecule has 3 N–H and O–H groups in total. The van der Waals surface area contributed by atoms with Crippen molar-refractivity contribution in [2.24, 2.45) is 5.73 Å². The standard InChI is InChI=1S/C10H15N3O/c1-2-13-5-3-4-9(13)10(14)12-8-6-7(8)11/h3-5,7-8H,2,6,11H2,1H3,(H,12,14). The fourth-order valence-electron chi connectivity index (χ4n) is 1.52. The van der Waals surface area contributed by atoms with Crippen LogP contribution < -0.4 is 11.1 Å². The summed E-state index contributed by atoms with van der Waals surface area (Å²) in [6.07, 6.45) is 2.81. The van der Waals surface area contributed by atoms with Crippen LogP contribution in [0.3, 0.4) is 0 Å². The number of nitrogens with zero attached hydrogens (tertiary/aromatic N) is 1. The van der Waals surface area contributed by atoms with Crippen molar-refractivity contribution in [2.45, 2.75) is 32.0 Å². The monoisotopic (exact) mass is 193 g/mol. The summed E-state index contributed by atoms with van der Waals surface area (Å²) in [4.78, 5) is 11.7. The third-order valence-corrected chi connectivity index (χ3v) is 2.56. The molecular formula is C10H15N3O. The molecule has 1 aliphatic rings. The lowest BCUT2D eigenvalue weighted by Crippen LogP contribution is -2.31. The number of nitrogens with one attached hydrogen (secondary N) is 1.